The number of rotatable bonds is 7. The van der Waals surface area contributed by atoms with Crippen molar-refractivity contribution in [3.05, 3.63) is 30.1 Å². The number of ether oxygens (including phenoxy) is 1. The van der Waals surface area contributed by atoms with Gasteiger partial charge in [0, 0.05) is 18.9 Å². The highest BCUT2D eigenvalue weighted by Gasteiger charge is 2.14. The first kappa shape index (κ1) is 17.0. The Morgan fingerprint density at radius 2 is 2.04 bits per heavy atom. The number of para-hydroxylation sites is 2. The number of nitrogens with zero attached hydrogens (tertiary/aromatic N) is 2. The summed E-state index contributed by atoms with van der Waals surface area (Å²) in [5.74, 6) is 0.442. The lowest BCUT2D eigenvalue weighted by Crippen LogP contribution is -2.30. The third-order valence-electron chi connectivity index (χ3n) is 3.50. The van der Waals surface area contributed by atoms with Gasteiger partial charge in [0.15, 0.2) is 0 Å². The summed E-state index contributed by atoms with van der Waals surface area (Å²) in [6.45, 7) is 6.46. The number of aromatic nitrogens is 2. The molecule has 1 amide bonds. The monoisotopic (exact) mass is 317 g/mol. The summed E-state index contributed by atoms with van der Waals surface area (Å²) in [5, 5.41) is 2.87. The molecule has 1 N–H and O–H groups in total. The summed E-state index contributed by atoms with van der Waals surface area (Å²) in [7, 11) is 0. The first-order valence-corrected chi connectivity index (χ1v) is 7.90. The maximum atomic E-state index is 11.8. The van der Waals surface area contributed by atoms with Gasteiger partial charge in [0.25, 0.3) is 0 Å². The summed E-state index contributed by atoms with van der Waals surface area (Å²) in [5.41, 5.74) is 1.73. The van der Waals surface area contributed by atoms with Crippen LogP contribution in [0.25, 0.3) is 11.0 Å². The molecule has 6 nitrogen and oxygen atoms in total. The number of carbonyl (C=O) groups excluding carboxylic acids is 2. The summed E-state index contributed by atoms with van der Waals surface area (Å²) in [6, 6.07) is 7.66. The van der Waals surface area contributed by atoms with Gasteiger partial charge in [-0.3, -0.25) is 9.59 Å². The number of esters is 1. The Kier molecular flexibility index (Phi) is 5.73. The van der Waals surface area contributed by atoms with Crippen molar-refractivity contribution >= 4 is 22.9 Å². The average molecular weight is 317 g/mol. The van der Waals surface area contributed by atoms with Crippen molar-refractivity contribution in [1.82, 2.24) is 14.9 Å². The molecule has 2 rings (SSSR count). The Bertz CT molecular complexity index is 691. The van der Waals surface area contributed by atoms with Gasteiger partial charge in [0.05, 0.1) is 17.6 Å². The van der Waals surface area contributed by atoms with Crippen molar-refractivity contribution in [1.29, 1.82) is 0 Å². The minimum absolute atomic E-state index is 0.0121. The first-order valence-electron chi connectivity index (χ1n) is 7.90. The molecular weight excluding hydrogens is 294 g/mol. The Morgan fingerprint density at radius 1 is 1.30 bits per heavy atom. The van der Waals surface area contributed by atoms with Gasteiger partial charge < -0.3 is 14.6 Å². The number of fused-ring (bicyclic) bond motifs is 1. The van der Waals surface area contributed by atoms with Gasteiger partial charge in [-0.15, -0.1) is 0 Å². The van der Waals surface area contributed by atoms with Gasteiger partial charge in [-0.05, 0) is 19.1 Å². The van der Waals surface area contributed by atoms with E-state index in [-0.39, 0.29) is 24.3 Å². The van der Waals surface area contributed by atoms with E-state index in [1.54, 1.807) is 6.92 Å². The number of imidazole rings is 1. The fraction of sp³-hybridized carbons (Fsp3) is 0.471. The lowest BCUT2D eigenvalue weighted by Gasteiger charge is -2.10. The fourth-order valence-corrected chi connectivity index (χ4v) is 2.33. The van der Waals surface area contributed by atoms with Crippen molar-refractivity contribution in [2.75, 3.05) is 13.2 Å². The Morgan fingerprint density at radius 3 is 2.74 bits per heavy atom. The maximum Gasteiger partial charge on any atom is 0.326 e. The minimum atomic E-state index is -0.289. The zero-order valence-corrected chi connectivity index (χ0v) is 13.8. The number of carbonyl (C=O) groups is 2. The van der Waals surface area contributed by atoms with Crippen LogP contribution >= 0.6 is 0 Å². The van der Waals surface area contributed by atoms with Crippen LogP contribution in [0, 0.1) is 5.92 Å². The molecule has 0 aliphatic heterocycles. The minimum Gasteiger partial charge on any atom is -0.465 e. The zero-order chi connectivity index (χ0) is 16.8. The Labute approximate surface area is 135 Å². The fourth-order valence-electron chi connectivity index (χ4n) is 2.33. The molecule has 0 radical (unpaired) electrons. The highest BCUT2D eigenvalue weighted by atomic mass is 16.5. The van der Waals surface area contributed by atoms with Crippen LogP contribution in [0.15, 0.2) is 24.3 Å². The van der Waals surface area contributed by atoms with Crippen LogP contribution < -0.4 is 5.32 Å². The van der Waals surface area contributed by atoms with E-state index in [1.165, 1.54) is 0 Å². The Hall–Kier alpha value is -2.37. The van der Waals surface area contributed by atoms with Gasteiger partial charge in [-0.2, -0.15) is 0 Å². The predicted octanol–water partition coefficient (Wildman–Crippen LogP) is 1.91. The molecule has 0 fully saturated rings. The van der Waals surface area contributed by atoms with E-state index < -0.39 is 0 Å². The second kappa shape index (κ2) is 7.76. The second-order valence-electron chi connectivity index (χ2n) is 5.60. The van der Waals surface area contributed by atoms with Crippen molar-refractivity contribution in [2.24, 2.45) is 5.92 Å². The third-order valence-corrected chi connectivity index (χ3v) is 3.50. The molecule has 1 aromatic carbocycles. The van der Waals surface area contributed by atoms with Crippen molar-refractivity contribution in [2.45, 2.75) is 33.7 Å². The number of amides is 1. The number of hydrogen-bond acceptors (Lipinski definition) is 4. The van der Waals surface area contributed by atoms with Gasteiger partial charge in [0.1, 0.15) is 12.4 Å². The summed E-state index contributed by atoms with van der Waals surface area (Å²) >= 11 is 0. The van der Waals surface area contributed by atoms with Crippen LogP contribution in [0.1, 0.15) is 26.6 Å². The van der Waals surface area contributed by atoms with Crippen molar-refractivity contribution < 1.29 is 14.3 Å². The normalized spacial score (nSPS) is 11.0. The second-order valence-corrected chi connectivity index (χ2v) is 5.60. The maximum absolute atomic E-state index is 11.8. The first-order chi connectivity index (χ1) is 11.0. The van der Waals surface area contributed by atoms with E-state index in [4.69, 9.17) is 4.74 Å². The predicted molar refractivity (Wildman–Crippen MR) is 87.9 cm³/mol. The average Bonchev–Trinajstić information content (AvgIpc) is 2.85. The smallest absolute Gasteiger partial charge is 0.326 e. The van der Waals surface area contributed by atoms with Crippen LogP contribution in [0.5, 0.6) is 0 Å². The van der Waals surface area contributed by atoms with Crippen LogP contribution in [-0.4, -0.2) is 34.6 Å². The molecule has 0 bridgehead atoms. The van der Waals surface area contributed by atoms with Crippen molar-refractivity contribution in [3.8, 4) is 0 Å². The summed E-state index contributed by atoms with van der Waals surface area (Å²) < 4.78 is 6.89. The molecule has 0 unspecified atom stereocenters. The molecule has 23 heavy (non-hydrogen) atoms. The van der Waals surface area contributed by atoms with E-state index in [2.05, 4.69) is 10.3 Å². The molecule has 1 heterocycles. The van der Waals surface area contributed by atoms with E-state index in [1.807, 2.05) is 42.7 Å². The van der Waals surface area contributed by atoms with Gasteiger partial charge in [-0.25, -0.2) is 4.98 Å². The number of hydrogen-bond donors (Lipinski definition) is 1. The van der Waals surface area contributed by atoms with Crippen LogP contribution in [-0.2, 0) is 27.3 Å². The standard InChI is InChI=1S/C17H23N3O3/c1-4-23-16(21)11-20-14-8-6-5-7-13(14)19-15(20)9-10-18-17(22)12(2)3/h5-8,12H,4,9-11H2,1-3H3,(H,18,22). The molecule has 6 heteroatoms. The van der Waals surface area contributed by atoms with Gasteiger partial charge >= 0.3 is 5.97 Å². The third kappa shape index (κ3) is 4.31. The van der Waals surface area contributed by atoms with E-state index in [0.29, 0.717) is 19.6 Å². The van der Waals surface area contributed by atoms with Crippen molar-refractivity contribution in [3.63, 3.8) is 0 Å². The Balaban J connectivity index is 2.17. The zero-order valence-electron chi connectivity index (χ0n) is 13.8. The molecule has 124 valence electrons. The molecule has 0 aliphatic carbocycles. The molecule has 0 saturated carbocycles. The molecule has 1 aromatic heterocycles. The highest BCUT2D eigenvalue weighted by Crippen LogP contribution is 2.16. The molecule has 0 spiro atoms. The van der Waals surface area contributed by atoms with Crippen LogP contribution in [0.2, 0.25) is 0 Å². The molecule has 0 aliphatic rings. The molecule has 0 saturated heterocycles. The van der Waals surface area contributed by atoms with Gasteiger partial charge in [0.2, 0.25) is 5.91 Å². The largest absolute Gasteiger partial charge is 0.465 e. The van der Waals surface area contributed by atoms with Crippen LogP contribution in [0.3, 0.4) is 0 Å². The lowest BCUT2D eigenvalue weighted by molar-refractivity contribution is -0.143. The quantitative estimate of drug-likeness (QED) is 0.792. The number of benzene rings is 1. The summed E-state index contributed by atoms with van der Waals surface area (Å²) in [4.78, 5) is 28.0. The van der Waals surface area contributed by atoms with E-state index >= 15 is 0 Å². The van der Waals surface area contributed by atoms with E-state index in [0.717, 1.165) is 16.9 Å². The topological polar surface area (TPSA) is 73.2 Å². The molecule has 2 aromatic rings. The van der Waals surface area contributed by atoms with Crippen LogP contribution in [0.4, 0.5) is 0 Å². The van der Waals surface area contributed by atoms with E-state index in [9.17, 15) is 9.59 Å². The summed E-state index contributed by atoms with van der Waals surface area (Å²) in [6.07, 6.45) is 0.562. The number of nitrogens with one attached hydrogen (secondary N) is 1. The molecular formula is C17H23N3O3. The highest BCUT2D eigenvalue weighted by molar-refractivity contribution is 5.79. The molecule has 0 atom stereocenters. The lowest BCUT2D eigenvalue weighted by atomic mass is 10.2. The van der Waals surface area contributed by atoms with Gasteiger partial charge in [-0.1, -0.05) is 26.0 Å². The SMILES string of the molecule is CCOC(=O)Cn1c(CCNC(=O)C(C)C)nc2ccccc21.